The summed E-state index contributed by atoms with van der Waals surface area (Å²) in [4.78, 5) is 13.5. The van der Waals surface area contributed by atoms with Crippen molar-refractivity contribution >= 4 is 5.91 Å². The molecule has 1 fully saturated rings. The minimum atomic E-state index is -4.19. The van der Waals surface area contributed by atoms with E-state index in [2.05, 4.69) is 0 Å². The Hall–Kier alpha value is -1.72. The van der Waals surface area contributed by atoms with Crippen molar-refractivity contribution in [2.75, 3.05) is 13.1 Å². The van der Waals surface area contributed by atoms with Crippen LogP contribution in [0, 0.1) is 12.8 Å². The van der Waals surface area contributed by atoms with Crippen LogP contribution in [0.15, 0.2) is 18.2 Å². The molecule has 0 aromatic heterocycles. The number of aromatic hydroxyl groups is 1. The molecule has 20 heavy (non-hydrogen) atoms. The van der Waals surface area contributed by atoms with E-state index in [9.17, 15) is 23.1 Å². The predicted molar refractivity (Wildman–Crippen MR) is 67.5 cm³/mol. The van der Waals surface area contributed by atoms with Gasteiger partial charge in [0.15, 0.2) is 0 Å². The van der Waals surface area contributed by atoms with Gasteiger partial charge in [0.05, 0.1) is 11.5 Å². The van der Waals surface area contributed by atoms with E-state index in [1.165, 1.54) is 17.0 Å². The minimum absolute atomic E-state index is 0.0658. The van der Waals surface area contributed by atoms with Crippen molar-refractivity contribution in [3.05, 3.63) is 29.3 Å². The van der Waals surface area contributed by atoms with Gasteiger partial charge < -0.3 is 10.0 Å². The van der Waals surface area contributed by atoms with Crippen LogP contribution in [-0.2, 0) is 0 Å². The van der Waals surface area contributed by atoms with Crippen molar-refractivity contribution in [1.82, 2.24) is 4.90 Å². The summed E-state index contributed by atoms with van der Waals surface area (Å²) >= 11 is 0. The third-order valence-corrected chi connectivity index (χ3v) is 3.63. The fraction of sp³-hybridized carbons (Fsp3) is 0.500. The normalized spacial score (nSPS) is 17.3. The molecule has 1 N–H and O–H groups in total. The molecule has 3 nitrogen and oxygen atoms in total. The van der Waals surface area contributed by atoms with Gasteiger partial charge in [-0.05, 0) is 37.5 Å². The number of carbonyl (C=O) groups excluding carboxylic acids is 1. The van der Waals surface area contributed by atoms with Gasteiger partial charge in [0.1, 0.15) is 5.75 Å². The largest absolute Gasteiger partial charge is 0.507 e. The first-order valence-corrected chi connectivity index (χ1v) is 6.44. The van der Waals surface area contributed by atoms with Gasteiger partial charge in [-0.25, -0.2) is 0 Å². The molecular weight excluding hydrogens is 271 g/mol. The lowest BCUT2D eigenvalue weighted by Gasteiger charge is -2.33. The lowest BCUT2D eigenvalue weighted by molar-refractivity contribution is -0.183. The predicted octanol–water partition coefficient (Wildman–Crippen LogP) is 3.12. The van der Waals surface area contributed by atoms with E-state index >= 15 is 0 Å². The number of halogens is 3. The van der Waals surface area contributed by atoms with Crippen LogP contribution in [-0.4, -0.2) is 35.2 Å². The van der Waals surface area contributed by atoms with Crippen LogP contribution in [0.2, 0.25) is 0 Å². The topological polar surface area (TPSA) is 40.5 Å². The third-order valence-electron chi connectivity index (χ3n) is 3.63. The number of hydrogen-bond acceptors (Lipinski definition) is 2. The molecule has 0 radical (unpaired) electrons. The number of benzene rings is 1. The van der Waals surface area contributed by atoms with Crippen molar-refractivity contribution in [2.45, 2.75) is 25.9 Å². The number of rotatable bonds is 1. The highest BCUT2D eigenvalue weighted by atomic mass is 19.4. The molecule has 6 heteroatoms. The second kappa shape index (κ2) is 5.34. The van der Waals surface area contributed by atoms with E-state index in [1.54, 1.807) is 13.0 Å². The minimum Gasteiger partial charge on any atom is -0.507 e. The Morgan fingerprint density at radius 2 is 1.90 bits per heavy atom. The smallest absolute Gasteiger partial charge is 0.391 e. The van der Waals surface area contributed by atoms with Crippen molar-refractivity contribution < 1.29 is 23.1 Å². The number of carbonyl (C=O) groups is 1. The molecule has 1 aliphatic rings. The fourth-order valence-electron chi connectivity index (χ4n) is 2.40. The summed E-state index contributed by atoms with van der Waals surface area (Å²) < 4.78 is 37.7. The summed E-state index contributed by atoms with van der Waals surface area (Å²) in [5, 5.41) is 9.75. The average molecular weight is 287 g/mol. The molecule has 0 unspecified atom stereocenters. The zero-order valence-corrected chi connectivity index (χ0v) is 11.1. The summed E-state index contributed by atoms with van der Waals surface area (Å²) in [6.07, 6.45) is -4.36. The van der Waals surface area contributed by atoms with E-state index in [-0.39, 0.29) is 37.2 Å². The van der Waals surface area contributed by atoms with Gasteiger partial charge in [-0.1, -0.05) is 6.07 Å². The van der Waals surface area contributed by atoms with Gasteiger partial charge in [0.25, 0.3) is 5.91 Å². The maximum Gasteiger partial charge on any atom is 0.391 e. The van der Waals surface area contributed by atoms with Crippen molar-refractivity contribution in [3.63, 3.8) is 0 Å². The molecule has 0 aliphatic carbocycles. The number of piperidine rings is 1. The Bertz CT molecular complexity index is 506. The second-order valence-corrected chi connectivity index (χ2v) is 5.13. The Balaban J connectivity index is 2.05. The molecule has 1 heterocycles. The van der Waals surface area contributed by atoms with Crippen LogP contribution in [0.25, 0.3) is 0 Å². The highest BCUT2D eigenvalue weighted by Gasteiger charge is 2.41. The zero-order valence-electron chi connectivity index (χ0n) is 11.1. The number of alkyl halides is 3. The summed E-state index contributed by atoms with van der Waals surface area (Å²) in [5.41, 5.74) is 0.955. The van der Waals surface area contributed by atoms with E-state index in [0.29, 0.717) is 0 Å². The van der Waals surface area contributed by atoms with Crippen LogP contribution < -0.4 is 0 Å². The molecule has 0 atom stereocenters. The molecule has 2 rings (SSSR count). The number of aryl methyl sites for hydroxylation is 1. The first-order valence-electron chi connectivity index (χ1n) is 6.44. The highest BCUT2D eigenvalue weighted by molar-refractivity contribution is 5.96. The van der Waals surface area contributed by atoms with E-state index < -0.39 is 18.0 Å². The lowest BCUT2D eigenvalue weighted by Crippen LogP contribution is -2.42. The van der Waals surface area contributed by atoms with Gasteiger partial charge in [0.2, 0.25) is 0 Å². The number of hydrogen-bond donors (Lipinski definition) is 1. The quantitative estimate of drug-likeness (QED) is 0.862. The third kappa shape index (κ3) is 3.05. The van der Waals surface area contributed by atoms with Gasteiger partial charge in [-0.15, -0.1) is 0 Å². The number of amides is 1. The Morgan fingerprint density at radius 1 is 1.30 bits per heavy atom. The number of likely N-dealkylation sites (tertiary alicyclic amines) is 1. The van der Waals surface area contributed by atoms with Gasteiger partial charge in [-0.3, -0.25) is 4.79 Å². The summed E-state index contributed by atoms with van der Waals surface area (Å²) in [6.45, 7) is 1.91. The number of phenols is 1. The summed E-state index contributed by atoms with van der Waals surface area (Å²) in [6, 6.07) is 4.66. The van der Waals surface area contributed by atoms with Crippen LogP contribution in [0.1, 0.15) is 28.8 Å². The molecule has 0 bridgehead atoms. The first kappa shape index (κ1) is 14.7. The maximum absolute atomic E-state index is 12.6. The standard InChI is InChI=1S/C14H16F3NO2/c1-9-2-3-11(12(19)8-9)13(20)18-6-4-10(5-7-18)14(15,16)17/h2-3,8,10,19H,4-7H2,1H3. The van der Waals surface area contributed by atoms with E-state index in [0.717, 1.165) is 5.56 Å². The van der Waals surface area contributed by atoms with Crippen molar-refractivity contribution in [3.8, 4) is 5.75 Å². The molecule has 110 valence electrons. The van der Waals surface area contributed by atoms with Crippen LogP contribution >= 0.6 is 0 Å². The van der Waals surface area contributed by atoms with Crippen LogP contribution in [0.3, 0.4) is 0 Å². The lowest BCUT2D eigenvalue weighted by atomic mass is 9.95. The molecule has 0 saturated carbocycles. The average Bonchev–Trinajstić information content (AvgIpc) is 2.37. The molecule has 0 spiro atoms. The first-order chi connectivity index (χ1) is 9.29. The highest BCUT2D eigenvalue weighted by Crippen LogP contribution is 2.34. The van der Waals surface area contributed by atoms with Crippen molar-refractivity contribution in [1.29, 1.82) is 0 Å². The number of phenolic OH excluding ortho intramolecular Hbond substituents is 1. The van der Waals surface area contributed by atoms with E-state index in [1.807, 2.05) is 0 Å². The van der Waals surface area contributed by atoms with E-state index in [4.69, 9.17) is 0 Å². The molecule has 1 aromatic rings. The SMILES string of the molecule is Cc1ccc(C(=O)N2CCC(C(F)(F)F)CC2)c(O)c1. The fourth-order valence-corrected chi connectivity index (χ4v) is 2.40. The maximum atomic E-state index is 12.6. The molecular formula is C14H16F3NO2. The monoisotopic (exact) mass is 287 g/mol. The van der Waals surface area contributed by atoms with Gasteiger partial charge >= 0.3 is 6.18 Å². The van der Waals surface area contributed by atoms with Crippen molar-refractivity contribution in [2.24, 2.45) is 5.92 Å². The van der Waals surface area contributed by atoms with Gasteiger partial charge in [-0.2, -0.15) is 13.2 Å². The Kier molecular flexibility index (Phi) is 3.92. The molecule has 1 aromatic carbocycles. The zero-order chi connectivity index (χ0) is 14.9. The Morgan fingerprint density at radius 3 is 2.40 bits per heavy atom. The number of nitrogens with zero attached hydrogens (tertiary/aromatic N) is 1. The molecule has 1 aliphatic heterocycles. The second-order valence-electron chi connectivity index (χ2n) is 5.13. The van der Waals surface area contributed by atoms with Crippen LogP contribution in [0.5, 0.6) is 5.75 Å². The summed E-state index contributed by atoms with van der Waals surface area (Å²) in [5.74, 6) is -1.88. The Labute approximate surface area is 115 Å². The molecule has 1 saturated heterocycles. The summed E-state index contributed by atoms with van der Waals surface area (Å²) in [7, 11) is 0. The van der Waals surface area contributed by atoms with Gasteiger partial charge in [0, 0.05) is 13.1 Å². The van der Waals surface area contributed by atoms with Crippen LogP contribution in [0.4, 0.5) is 13.2 Å². The molecule has 1 amide bonds.